The van der Waals surface area contributed by atoms with Crippen molar-refractivity contribution in [1.29, 1.82) is 0 Å². The van der Waals surface area contributed by atoms with Gasteiger partial charge in [-0.05, 0) is 32.0 Å². The minimum absolute atomic E-state index is 0.0582. The maximum absolute atomic E-state index is 12.9. The zero-order valence-electron chi connectivity index (χ0n) is 15.0. The van der Waals surface area contributed by atoms with E-state index in [1.54, 1.807) is 23.1 Å². The fourth-order valence-corrected chi connectivity index (χ4v) is 3.43. The molecule has 0 saturated heterocycles. The second kappa shape index (κ2) is 7.04. The van der Waals surface area contributed by atoms with Crippen LogP contribution in [-0.2, 0) is 6.54 Å². The molecule has 25 heavy (non-hydrogen) atoms. The van der Waals surface area contributed by atoms with E-state index in [0.29, 0.717) is 41.9 Å². The van der Waals surface area contributed by atoms with Crippen molar-refractivity contribution in [3.05, 3.63) is 40.4 Å². The molecule has 1 aliphatic rings. The number of nitrogens with zero attached hydrogens (tertiary/aromatic N) is 4. The van der Waals surface area contributed by atoms with Crippen LogP contribution in [0.15, 0.2) is 18.2 Å². The normalized spacial score (nSPS) is 16.9. The molecule has 134 valence electrons. The zero-order valence-corrected chi connectivity index (χ0v) is 15.7. The Morgan fingerprint density at radius 3 is 2.80 bits per heavy atom. The molecule has 1 aromatic carbocycles. The van der Waals surface area contributed by atoms with Gasteiger partial charge in [-0.2, -0.15) is 0 Å². The van der Waals surface area contributed by atoms with E-state index >= 15 is 0 Å². The molecule has 2 aromatic rings. The lowest BCUT2D eigenvalue weighted by atomic mass is 10.1. The molecule has 0 bridgehead atoms. The highest BCUT2D eigenvalue weighted by molar-refractivity contribution is 6.32. The minimum atomic E-state index is -0.0582. The van der Waals surface area contributed by atoms with E-state index in [9.17, 15) is 4.79 Å². The van der Waals surface area contributed by atoms with Gasteiger partial charge >= 0.3 is 0 Å². The molecule has 1 amide bonds. The largest absolute Gasteiger partial charge is 0.492 e. The summed E-state index contributed by atoms with van der Waals surface area (Å²) in [6.07, 6.45) is 0. The number of rotatable bonds is 4. The quantitative estimate of drug-likeness (QED) is 0.832. The van der Waals surface area contributed by atoms with Crippen molar-refractivity contribution in [2.45, 2.75) is 46.2 Å². The molecular formula is C18H23ClN4O2. The van der Waals surface area contributed by atoms with Crippen LogP contribution >= 0.6 is 11.6 Å². The van der Waals surface area contributed by atoms with Crippen LogP contribution in [0.3, 0.4) is 0 Å². The van der Waals surface area contributed by atoms with Crippen molar-refractivity contribution in [1.82, 2.24) is 19.7 Å². The number of benzene rings is 1. The number of hydrogen-bond donors (Lipinski definition) is 0. The van der Waals surface area contributed by atoms with Crippen molar-refractivity contribution >= 4 is 17.5 Å². The van der Waals surface area contributed by atoms with E-state index in [-0.39, 0.29) is 11.9 Å². The van der Waals surface area contributed by atoms with Crippen molar-refractivity contribution in [3.63, 3.8) is 0 Å². The van der Waals surface area contributed by atoms with E-state index < -0.39 is 0 Å². The highest BCUT2D eigenvalue weighted by Gasteiger charge is 2.30. The Labute approximate surface area is 152 Å². The summed E-state index contributed by atoms with van der Waals surface area (Å²) in [6, 6.07) is 5.30. The molecule has 7 heteroatoms. The smallest absolute Gasteiger partial charge is 0.254 e. The monoisotopic (exact) mass is 362 g/mol. The first-order valence-corrected chi connectivity index (χ1v) is 8.95. The van der Waals surface area contributed by atoms with Gasteiger partial charge in [-0.3, -0.25) is 4.79 Å². The van der Waals surface area contributed by atoms with Crippen molar-refractivity contribution in [2.75, 3.05) is 13.2 Å². The number of ether oxygens (including phenoxy) is 1. The Hall–Kier alpha value is -2.08. The summed E-state index contributed by atoms with van der Waals surface area (Å²) in [7, 11) is 0. The van der Waals surface area contributed by atoms with Gasteiger partial charge in [-0.15, -0.1) is 10.2 Å². The maximum atomic E-state index is 12.9. The lowest BCUT2D eigenvalue weighted by Crippen LogP contribution is -2.40. The first-order chi connectivity index (χ1) is 11.9. The van der Waals surface area contributed by atoms with Gasteiger partial charge in [-0.1, -0.05) is 25.4 Å². The van der Waals surface area contributed by atoms with Crippen LogP contribution in [0.4, 0.5) is 0 Å². The second-order valence-corrected chi connectivity index (χ2v) is 7.02. The summed E-state index contributed by atoms with van der Waals surface area (Å²) >= 11 is 6.22. The Morgan fingerprint density at radius 2 is 2.16 bits per heavy atom. The first kappa shape index (κ1) is 17.7. The van der Waals surface area contributed by atoms with E-state index in [2.05, 4.69) is 35.5 Å². The third-order valence-corrected chi connectivity index (χ3v) is 4.63. The van der Waals surface area contributed by atoms with Crippen LogP contribution in [0.5, 0.6) is 5.75 Å². The number of carbonyl (C=O) groups is 1. The molecule has 0 spiro atoms. The fourth-order valence-electron chi connectivity index (χ4n) is 3.20. The summed E-state index contributed by atoms with van der Waals surface area (Å²) in [6.45, 7) is 9.79. The van der Waals surface area contributed by atoms with Crippen LogP contribution in [0.2, 0.25) is 5.02 Å². The van der Waals surface area contributed by atoms with Gasteiger partial charge in [0, 0.05) is 18.0 Å². The highest BCUT2D eigenvalue weighted by atomic mass is 35.5. The van der Waals surface area contributed by atoms with E-state index in [1.807, 2.05) is 6.92 Å². The number of fused-ring (bicyclic) bond motifs is 1. The summed E-state index contributed by atoms with van der Waals surface area (Å²) in [5.74, 6) is 2.63. The van der Waals surface area contributed by atoms with Gasteiger partial charge in [0.15, 0.2) is 5.82 Å². The number of hydrogen-bond acceptors (Lipinski definition) is 4. The number of halogens is 1. The lowest BCUT2D eigenvalue weighted by molar-refractivity contribution is 0.0679. The van der Waals surface area contributed by atoms with Crippen LogP contribution in [-0.4, -0.2) is 38.7 Å². The molecule has 6 nitrogen and oxygen atoms in total. The van der Waals surface area contributed by atoms with Crippen LogP contribution in [0, 0.1) is 0 Å². The molecule has 2 heterocycles. The second-order valence-electron chi connectivity index (χ2n) is 6.61. The molecule has 0 aliphatic carbocycles. The SMILES string of the molecule is CCOc1ccc(C(=O)N2Cc3nnc(C(C)C)n3[C@@H](C)C2)cc1Cl. The summed E-state index contributed by atoms with van der Waals surface area (Å²) in [5, 5.41) is 9.03. The maximum Gasteiger partial charge on any atom is 0.254 e. The molecule has 0 fully saturated rings. The Kier molecular flexibility index (Phi) is 4.99. The van der Waals surface area contributed by atoms with Crippen molar-refractivity contribution in [3.8, 4) is 5.75 Å². The molecule has 0 radical (unpaired) electrons. The highest BCUT2D eigenvalue weighted by Crippen LogP contribution is 2.29. The van der Waals surface area contributed by atoms with Crippen LogP contribution in [0.1, 0.15) is 61.7 Å². The third kappa shape index (κ3) is 3.35. The van der Waals surface area contributed by atoms with Gasteiger partial charge < -0.3 is 14.2 Å². The van der Waals surface area contributed by atoms with Gasteiger partial charge in [0.25, 0.3) is 5.91 Å². The Morgan fingerprint density at radius 1 is 1.40 bits per heavy atom. The molecule has 1 aromatic heterocycles. The summed E-state index contributed by atoms with van der Waals surface area (Å²) in [4.78, 5) is 14.7. The predicted octanol–water partition coefficient (Wildman–Crippen LogP) is 3.67. The molecule has 1 atom stereocenters. The van der Waals surface area contributed by atoms with Crippen molar-refractivity contribution in [2.24, 2.45) is 0 Å². The molecule has 1 aliphatic heterocycles. The average Bonchev–Trinajstić information content (AvgIpc) is 3.01. The standard InChI is InChI=1S/C18H23ClN4O2/c1-5-25-15-7-6-13(8-14(15)19)18(24)22-9-12(4)23-16(10-22)20-21-17(23)11(2)3/h6-8,11-12H,5,9-10H2,1-4H3/t12-/m0/s1. The van der Waals surface area contributed by atoms with Crippen molar-refractivity contribution < 1.29 is 9.53 Å². The number of aromatic nitrogens is 3. The van der Waals surface area contributed by atoms with Gasteiger partial charge in [0.05, 0.1) is 24.2 Å². The van der Waals surface area contributed by atoms with E-state index in [0.717, 1.165) is 11.6 Å². The molecule has 0 saturated carbocycles. The van der Waals surface area contributed by atoms with Crippen LogP contribution < -0.4 is 4.74 Å². The fraction of sp³-hybridized carbons (Fsp3) is 0.500. The van der Waals surface area contributed by atoms with Crippen LogP contribution in [0.25, 0.3) is 0 Å². The Balaban J connectivity index is 1.83. The topological polar surface area (TPSA) is 60.2 Å². The number of carbonyl (C=O) groups excluding carboxylic acids is 1. The zero-order chi connectivity index (χ0) is 18.1. The van der Waals surface area contributed by atoms with E-state index in [1.165, 1.54) is 0 Å². The lowest BCUT2D eigenvalue weighted by Gasteiger charge is -2.33. The molecule has 3 rings (SSSR count). The minimum Gasteiger partial charge on any atom is -0.492 e. The van der Waals surface area contributed by atoms with Gasteiger partial charge in [-0.25, -0.2) is 0 Å². The van der Waals surface area contributed by atoms with Gasteiger partial charge in [0.1, 0.15) is 11.6 Å². The molecular weight excluding hydrogens is 340 g/mol. The third-order valence-electron chi connectivity index (χ3n) is 4.33. The Bertz CT molecular complexity index is 787. The van der Waals surface area contributed by atoms with Gasteiger partial charge in [0.2, 0.25) is 0 Å². The summed E-state index contributed by atoms with van der Waals surface area (Å²) in [5.41, 5.74) is 0.553. The summed E-state index contributed by atoms with van der Waals surface area (Å²) < 4.78 is 7.58. The van der Waals surface area contributed by atoms with E-state index in [4.69, 9.17) is 16.3 Å². The predicted molar refractivity (Wildman–Crippen MR) is 96.2 cm³/mol. The molecule has 0 N–H and O–H groups in total. The first-order valence-electron chi connectivity index (χ1n) is 8.57. The number of amides is 1. The average molecular weight is 363 g/mol. The molecule has 0 unspecified atom stereocenters.